The average Bonchev–Trinajstić information content (AvgIpc) is 3.24. The van der Waals surface area contributed by atoms with Gasteiger partial charge in [0.05, 0.1) is 38.3 Å². The van der Waals surface area contributed by atoms with Crippen molar-refractivity contribution in [2.75, 3.05) is 18.4 Å². The molecule has 0 unspecified atom stereocenters. The van der Waals surface area contributed by atoms with E-state index in [0.29, 0.717) is 66.9 Å². The number of benzene rings is 2. The van der Waals surface area contributed by atoms with Crippen LogP contribution in [0.25, 0.3) is 22.2 Å². The highest BCUT2D eigenvalue weighted by Crippen LogP contribution is 2.38. The van der Waals surface area contributed by atoms with Crippen LogP contribution >= 0.6 is 34.5 Å². The van der Waals surface area contributed by atoms with Gasteiger partial charge in [0, 0.05) is 29.1 Å². The Bertz CT molecular complexity index is 1660. The monoisotopic (exact) mass is 611 g/mol. The smallest absolute Gasteiger partial charge is 0.341 e. The molecule has 10 heteroatoms. The molecule has 4 rings (SSSR count). The third-order valence-corrected chi connectivity index (χ3v) is 8.46. The molecule has 2 aromatic heterocycles. The number of esters is 1. The van der Waals surface area contributed by atoms with E-state index in [1.165, 1.54) is 0 Å². The lowest BCUT2D eigenvalue weighted by molar-refractivity contribution is 0.0379. The molecule has 0 bridgehead atoms. The van der Waals surface area contributed by atoms with E-state index in [1.54, 1.807) is 50.8 Å². The van der Waals surface area contributed by atoms with E-state index >= 15 is 0 Å². The summed E-state index contributed by atoms with van der Waals surface area (Å²) in [6.45, 7) is 11.8. The van der Waals surface area contributed by atoms with Crippen LogP contribution in [-0.4, -0.2) is 46.9 Å². The first-order chi connectivity index (χ1) is 19.5. The molecule has 0 atom stereocenters. The second kappa shape index (κ2) is 12.6. The van der Waals surface area contributed by atoms with Gasteiger partial charge in [0.15, 0.2) is 0 Å². The van der Waals surface area contributed by atoms with Crippen LogP contribution in [0.3, 0.4) is 0 Å². The number of nitrogens with one attached hydrogen (secondary N) is 1. The summed E-state index contributed by atoms with van der Waals surface area (Å²) in [6.07, 6.45) is -0.384. The zero-order valence-corrected chi connectivity index (χ0v) is 26.1. The van der Waals surface area contributed by atoms with Gasteiger partial charge in [-0.15, -0.1) is 11.3 Å². The van der Waals surface area contributed by atoms with Crippen molar-refractivity contribution in [2.24, 2.45) is 0 Å². The largest absolute Gasteiger partial charge is 0.459 e. The maximum atomic E-state index is 14.1. The quantitative estimate of drug-likeness (QED) is 0.203. The predicted molar refractivity (Wildman–Crippen MR) is 167 cm³/mol. The zero-order chi connectivity index (χ0) is 30.0. The molecule has 1 N–H and O–H groups in total. The highest BCUT2D eigenvalue weighted by molar-refractivity contribution is 7.18. The van der Waals surface area contributed by atoms with Crippen molar-refractivity contribution in [3.05, 3.63) is 79.6 Å². The van der Waals surface area contributed by atoms with Gasteiger partial charge in [-0.1, -0.05) is 41.4 Å². The summed E-state index contributed by atoms with van der Waals surface area (Å²) in [5.41, 5.74) is 3.39. The SMILES string of the molecule is CCN(CC)C(=O)c1sc(NC(=O)c2c(C)c(-c3ccc(Cl)cc3Cl)nc3ccccc23)c(C(=O)OC(C)C)c1C. The van der Waals surface area contributed by atoms with Crippen molar-refractivity contribution in [1.82, 2.24) is 9.88 Å². The molecule has 0 saturated heterocycles. The Kier molecular flexibility index (Phi) is 9.37. The fraction of sp³-hybridized carbons (Fsp3) is 0.290. The third kappa shape index (κ3) is 6.10. The summed E-state index contributed by atoms with van der Waals surface area (Å²) in [7, 11) is 0. The molecule has 214 valence electrons. The first-order valence-corrected chi connectivity index (χ1v) is 14.8. The molecule has 0 aliphatic heterocycles. The fourth-order valence-electron chi connectivity index (χ4n) is 4.69. The van der Waals surface area contributed by atoms with Crippen LogP contribution in [0.2, 0.25) is 10.0 Å². The normalized spacial score (nSPS) is 11.1. The molecular weight excluding hydrogens is 581 g/mol. The minimum atomic E-state index is -0.604. The van der Waals surface area contributed by atoms with Crippen molar-refractivity contribution in [3.63, 3.8) is 0 Å². The topological polar surface area (TPSA) is 88.6 Å². The number of nitrogens with zero attached hydrogens (tertiary/aromatic N) is 2. The van der Waals surface area contributed by atoms with Gasteiger partial charge in [0.1, 0.15) is 5.00 Å². The van der Waals surface area contributed by atoms with Gasteiger partial charge in [-0.05, 0) is 76.9 Å². The molecule has 0 radical (unpaired) electrons. The second-order valence-corrected chi connectivity index (χ2v) is 11.6. The van der Waals surface area contributed by atoms with Crippen LogP contribution in [0.5, 0.6) is 0 Å². The van der Waals surface area contributed by atoms with E-state index in [2.05, 4.69) is 5.32 Å². The van der Waals surface area contributed by atoms with E-state index in [4.69, 9.17) is 32.9 Å². The van der Waals surface area contributed by atoms with Gasteiger partial charge in [-0.2, -0.15) is 0 Å². The molecular formula is C31H31Cl2N3O4S. The number of ether oxygens (including phenoxy) is 1. The van der Waals surface area contributed by atoms with Crippen LogP contribution in [0.1, 0.15) is 69.2 Å². The summed E-state index contributed by atoms with van der Waals surface area (Å²) in [5.74, 6) is -1.26. The molecule has 0 fully saturated rings. The van der Waals surface area contributed by atoms with Gasteiger partial charge in [-0.25, -0.2) is 9.78 Å². The van der Waals surface area contributed by atoms with Crippen molar-refractivity contribution < 1.29 is 19.1 Å². The second-order valence-electron chi connectivity index (χ2n) is 9.75. The lowest BCUT2D eigenvalue weighted by Gasteiger charge is -2.18. The Morgan fingerprint density at radius 1 is 1.00 bits per heavy atom. The number of aromatic nitrogens is 1. The summed E-state index contributed by atoms with van der Waals surface area (Å²) < 4.78 is 5.50. The highest BCUT2D eigenvalue weighted by atomic mass is 35.5. The van der Waals surface area contributed by atoms with Crippen LogP contribution < -0.4 is 5.32 Å². The molecule has 0 saturated carbocycles. The Hall–Kier alpha value is -3.46. The van der Waals surface area contributed by atoms with Crippen LogP contribution in [0, 0.1) is 13.8 Å². The van der Waals surface area contributed by atoms with Crippen molar-refractivity contribution in [3.8, 4) is 11.3 Å². The van der Waals surface area contributed by atoms with Gasteiger partial charge >= 0.3 is 5.97 Å². The number of pyridine rings is 1. The Morgan fingerprint density at radius 2 is 1.68 bits per heavy atom. The van der Waals surface area contributed by atoms with E-state index in [0.717, 1.165) is 11.3 Å². The lowest BCUT2D eigenvalue weighted by Crippen LogP contribution is -2.30. The molecule has 41 heavy (non-hydrogen) atoms. The van der Waals surface area contributed by atoms with E-state index in [9.17, 15) is 14.4 Å². The number of hydrogen-bond acceptors (Lipinski definition) is 6. The highest BCUT2D eigenvalue weighted by Gasteiger charge is 2.30. The first-order valence-electron chi connectivity index (χ1n) is 13.3. The zero-order valence-electron chi connectivity index (χ0n) is 23.7. The molecule has 2 aromatic carbocycles. The van der Waals surface area contributed by atoms with Crippen LogP contribution in [0.15, 0.2) is 42.5 Å². The summed E-state index contributed by atoms with van der Waals surface area (Å²) in [4.78, 5) is 47.5. The number of halogens is 2. The number of thiophene rings is 1. The van der Waals surface area contributed by atoms with Gasteiger partial charge < -0.3 is 15.0 Å². The number of rotatable bonds is 8. The minimum Gasteiger partial charge on any atom is -0.459 e. The molecule has 0 aliphatic rings. The first kappa shape index (κ1) is 30.5. The van der Waals surface area contributed by atoms with Crippen molar-refractivity contribution in [1.29, 1.82) is 0 Å². The Labute approximate surface area is 253 Å². The lowest BCUT2D eigenvalue weighted by atomic mass is 9.97. The Balaban J connectivity index is 1.88. The molecule has 7 nitrogen and oxygen atoms in total. The number of fused-ring (bicyclic) bond motifs is 1. The number of hydrogen-bond donors (Lipinski definition) is 1. The summed E-state index contributed by atoms with van der Waals surface area (Å²) in [6, 6.07) is 12.4. The van der Waals surface area contributed by atoms with Gasteiger partial charge in [0.25, 0.3) is 11.8 Å². The van der Waals surface area contributed by atoms with Gasteiger partial charge in [0.2, 0.25) is 0 Å². The standard InChI is InChI=1S/C31H31Cl2N3O4S/c1-7-36(8-2)30(38)27-18(6)25(31(39)40-16(3)4)29(41-27)35-28(37)24-17(5)26(20-14-13-19(32)15-22(20)33)34-23-12-10-9-11-21(23)24/h9-16H,7-8H2,1-6H3,(H,35,37). The van der Waals surface area contributed by atoms with E-state index in [1.807, 2.05) is 38.1 Å². The van der Waals surface area contributed by atoms with Crippen molar-refractivity contribution in [2.45, 2.75) is 47.6 Å². The van der Waals surface area contributed by atoms with Crippen molar-refractivity contribution >= 4 is 68.2 Å². The fourth-order valence-corrected chi connectivity index (χ4v) is 6.34. The third-order valence-electron chi connectivity index (χ3n) is 6.71. The average molecular weight is 613 g/mol. The number of anilines is 1. The summed E-state index contributed by atoms with van der Waals surface area (Å²) in [5, 5.41) is 4.71. The van der Waals surface area contributed by atoms with Gasteiger partial charge in [-0.3, -0.25) is 9.59 Å². The Morgan fingerprint density at radius 3 is 2.32 bits per heavy atom. The number of carbonyl (C=O) groups is 3. The van der Waals surface area contributed by atoms with Crippen LogP contribution in [0.4, 0.5) is 5.00 Å². The van der Waals surface area contributed by atoms with E-state index < -0.39 is 11.9 Å². The molecule has 4 aromatic rings. The van der Waals surface area contributed by atoms with E-state index in [-0.39, 0.29) is 22.6 Å². The maximum Gasteiger partial charge on any atom is 0.341 e. The molecule has 2 amide bonds. The molecule has 0 spiro atoms. The summed E-state index contributed by atoms with van der Waals surface area (Å²) >= 11 is 13.7. The number of para-hydroxylation sites is 1. The maximum absolute atomic E-state index is 14.1. The minimum absolute atomic E-state index is 0.171. The molecule has 0 aliphatic carbocycles. The number of amides is 2. The number of carbonyl (C=O) groups excluding carboxylic acids is 3. The van der Waals surface area contributed by atoms with Crippen LogP contribution in [-0.2, 0) is 4.74 Å². The molecule has 2 heterocycles. The predicted octanol–water partition coefficient (Wildman–Crippen LogP) is 8.19.